The molecule has 0 aliphatic rings. The summed E-state index contributed by atoms with van der Waals surface area (Å²) in [5, 5.41) is 13.6. The van der Waals surface area contributed by atoms with Crippen molar-refractivity contribution in [2.75, 3.05) is 0 Å². The molecule has 7 nitrogen and oxygen atoms in total. The van der Waals surface area contributed by atoms with E-state index in [2.05, 4.69) is 10.6 Å². The monoisotopic (exact) mass is 328 g/mol. The minimum atomic E-state index is -1.19. The summed E-state index contributed by atoms with van der Waals surface area (Å²) in [7, 11) is 0. The van der Waals surface area contributed by atoms with Gasteiger partial charge in [0.1, 0.15) is 17.5 Å². The van der Waals surface area contributed by atoms with Crippen LogP contribution in [0.25, 0.3) is 6.08 Å². The summed E-state index contributed by atoms with van der Waals surface area (Å²) < 4.78 is 5.13. The number of hydrogen-bond donors (Lipinski definition) is 3. The highest BCUT2D eigenvalue weighted by Gasteiger charge is 2.19. The van der Waals surface area contributed by atoms with E-state index in [1.54, 1.807) is 42.5 Å². The van der Waals surface area contributed by atoms with Gasteiger partial charge in [-0.2, -0.15) is 0 Å². The lowest BCUT2D eigenvalue weighted by molar-refractivity contribution is -0.140. The maximum Gasteiger partial charge on any atom is 0.325 e. The molecule has 0 fully saturated rings. The second kappa shape index (κ2) is 7.77. The number of carboxylic acids is 1. The molecule has 0 aliphatic carbocycles. The van der Waals surface area contributed by atoms with Crippen LogP contribution in [0.2, 0.25) is 0 Å². The van der Waals surface area contributed by atoms with Gasteiger partial charge in [0, 0.05) is 11.6 Å². The van der Waals surface area contributed by atoms with Gasteiger partial charge in [-0.15, -0.1) is 0 Å². The molecule has 3 N–H and O–H groups in total. The Kier molecular flexibility index (Phi) is 5.51. The molecule has 1 heterocycles. The fourth-order valence-corrected chi connectivity index (χ4v) is 1.79. The molecule has 1 atom stereocenters. The second-order valence-electron chi connectivity index (χ2n) is 4.93. The number of nitrogens with one attached hydrogen (secondary N) is 2. The predicted octanol–water partition coefficient (Wildman–Crippen LogP) is 1.64. The minimum Gasteiger partial charge on any atom is -0.480 e. The van der Waals surface area contributed by atoms with Crippen LogP contribution < -0.4 is 10.6 Å². The number of benzene rings is 1. The largest absolute Gasteiger partial charge is 0.480 e. The van der Waals surface area contributed by atoms with Crippen molar-refractivity contribution >= 4 is 23.9 Å². The highest BCUT2D eigenvalue weighted by atomic mass is 16.4. The maximum absolute atomic E-state index is 12.3. The zero-order valence-electron chi connectivity index (χ0n) is 12.9. The number of furan rings is 1. The smallest absolute Gasteiger partial charge is 0.325 e. The van der Waals surface area contributed by atoms with Gasteiger partial charge >= 0.3 is 5.97 Å². The Morgan fingerprint density at radius 1 is 1.12 bits per heavy atom. The Balaban J connectivity index is 2.22. The molecule has 0 bridgehead atoms. The fraction of sp³-hybridized carbons (Fsp3) is 0.118. The molecule has 1 aromatic heterocycles. The second-order valence-corrected chi connectivity index (χ2v) is 4.93. The SMILES string of the molecule is C[C@@H](NC(=O)C(=Cc1ccco1)NC(=O)c1ccccc1)C(=O)O. The molecule has 0 unspecified atom stereocenters. The number of hydrogen-bond acceptors (Lipinski definition) is 4. The number of carbonyl (C=O) groups is 3. The topological polar surface area (TPSA) is 109 Å². The van der Waals surface area contributed by atoms with Crippen molar-refractivity contribution in [3.05, 3.63) is 65.7 Å². The lowest BCUT2D eigenvalue weighted by Gasteiger charge is -2.13. The van der Waals surface area contributed by atoms with Gasteiger partial charge in [-0.05, 0) is 31.2 Å². The predicted molar refractivity (Wildman–Crippen MR) is 85.8 cm³/mol. The van der Waals surface area contributed by atoms with Gasteiger partial charge in [0.2, 0.25) is 0 Å². The van der Waals surface area contributed by atoms with Crippen LogP contribution in [0.5, 0.6) is 0 Å². The van der Waals surface area contributed by atoms with Gasteiger partial charge in [-0.1, -0.05) is 18.2 Å². The molecule has 2 rings (SSSR count). The molecule has 7 heteroatoms. The molecule has 2 aromatic rings. The summed E-state index contributed by atoms with van der Waals surface area (Å²) >= 11 is 0. The van der Waals surface area contributed by atoms with Gasteiger partial charge in [-0.3, -0.25) is 14.4 Å². The van der Waals surface area contributed by atoms with Gasteiger partial charge in [0.15, 0.2) is 0 Å². The van der Waals surface area contributed by atoms with Crippen molar-refractivity contribution in [3.8, 4) is 0 Å². The van der Waals surface area contributed by atoms with Crippen molar-refractivity contribution in [1.82, 2.24) is 10.6 Å². The standard InChI is InChI=1S/C17H16N2O5/c1-11(17(22)23)18-16(21)14(10-13-8-5-9-24-13)19-15(20)12-6-3-2-4-7-12/h2-11H,1H3,(H,18,21)(H,19,20)(H,22,23)/t11-/m1/s1. The highest BCUT2D eigenvalue weighted by Crippen LogP contribution is 2.08. The molecule has 0 aliphatic heterocycles. The first-order chi connectivity index (χ1) is 11.5. The lowest BCUT2D eigenvalue weighted by atomic mass is 10.2. The zero-order valence-corrected chi connectivity index (χ0v) is 12.9. The first kappa shape index (κ1) is 17.0. The number of aliphatic carboxylic acids is 1. The van der Waals surface area contributed by atoms with E-state index in [1.165, 1.54) is 19.3 Å². The zero-order chi connectivity index (χ0) is 17.5. The molecule has 124 valence electrons. The average molecular weight is 328 g/mol. The average Bonchev–Trinajstić information content (AvgIpc) is 3.07. The third kappa shape index (κ3) is 4.57. The van der Waals surface area contributed by atoms with Crippen LogP contribution in [0.3, 0.4) is 0 Å². The van der Waals surface area contributed by atoms with E-state index in [0.717, 1.165) is 0 Å². The maximum atomic E-state index is 12.3. The number of carbonyl (C=O) groups excluding carboxylic acids is 2. The minimum absolute atomic E-state index is 0.119. The highest BCUT2D eigenvalue weighted by molar-refractivity contribution is 6.05. The molecular formula is C17H16N2O5. The molecule has 0 spiro atoms. The van der Waals surface area contributed by atoms with E-state index in [-0.39, 0.29) is 5.70 Å². The van der Waals surface area contributed by atoms with Crippen molar-refractivity contribution in [3.63, 3.8) is 0 Å². The third-order valence-electron chi connectivity index (χ3n) is 3.08. The Hall–Kier alpha value is -3.35. The Labute approximate surface area is 138 Å². The Morgan fingerprint density at radius 2 is 1.83 bits per heavy atom. The third-order valence-corrected chi connectivity index (χ3v) is 3.08. The molecule has 2 amide bonds. The molecule has 0 saturated carbocycles. The molecule has 24 heavy (non-hydrogen) atoms. The van der Waals surface area contributed by atoms with Gasteiger partial charge < -0.3 is 20.2 Å². The first-order valence-corrected chi connectivity index (χ1v) is 7.12. The van der Waals surface area contributed by atoms with Gasteiger partial charge in [0.25, 0.3) is 11.8 Å². The van der Waals surface area contributed by atoms with Crippen LogP contribution in [-0.4, -0.2) is 28.9 Å². The van der Waals surface area contributed by atoms with Crippen LogP contribution in [0.15, 0.2) is 58.8 Å². The van der Waals surface area contributed by atoms with E-state index in [9.17, 15) is 14.4 Å². The summed E-state index contributed by atoms with van der Waals surface area (Å²) in [5.74, 6) is -2.07. The number of rotatable bonds is 6. The van der Waals surface area contributed by atoms with E-state index in [4.69, 9.17) is 9.52 Å². The van der Waals surface area contributed by atoms with Crippen LogP contribution in [0, 0.1) is 0 Å². The van der Waals surface area contributed by atoms with Crippen molar-refractivity contribution in [2.24, 2.45) is 0 Å². The van der Waals surface area contributed by atoms with Crippen molar-refractivity contribution in [2.45, 2.75) is 13.0 Å². The summed E-state index contributed by atoms with van der Waals surface area (Å²) in [5.41, 5.74) is 0.244. The fourth-order valence-electron chi connectivity index (χ4n) is 1.79. The summed E-state index contributed by atoms with van der Waals surface area (Å²) in [6.07, 6.45) is 2.74. The molecular weight excluding hydrogens is 312 g/mol. The van der Waals surface area contributed by atoms with E-state index in [0.29, 0.717) is 11.3 Å². The molecule has 1 aromatic carbocycles. The summed E-state index contributed by atoms with van der Waals surface area (Å²) in [4.78, 5) is 35.4. The number of amides is 2. The van der Waals surface area contributed by atoms with Crippen molar-refractivity contribution < 1.29 is 23.9 Å². The first-order valence-electron chi connectivity index (χ1n) is 7.12. The normalized spacial score (nSPS) is 12.3. The van der Waals surface area contributed by atoms with Gasteiger partial charge in [-0.25, -0.2) is 0 Å². The van der Waals surface area contributed by atoms with E-state index in [1.807, 2.05) is 0 Å². The Bertz CT molecular complexity index is 751. The molecule has 0 saturated heterocycles. The molecule has 0 radical (unpaired) electrons. The Morgan fingerprint density at radius 3 is 2.42 bits per heavy atom. The summed E-state index contributed by atoms with van der Waals surface area (Å²) in [6, 6.07) is 10.5. The summed E-state index contributed by atoms with van der Waals surface area (Å²) in [6.45, 7) is 1.32. The van der Waals surface area contributed by atoms with Crippen LogP contribution in [0.4, 0.5) is 0 Å². The van der Waals surface area contributed by atoms with E-state index >= 15 is 0 Å². The quantitative estimate of drug-likeness (QED) is 0.699. The van der Waals surface area contributed by atoms with Crippen LogP contribution in [-0.2, 0) is 9.59 Å². The van der Waals surface area contributed by atoms with Gasteiger partial charge in [0.05, 0.1) is 6.26 Å². The number of carboxylic acid groups (broad SMARTS) is 1. The van der Waals surface area contributed by atoms with Crippen LogP contribution >= 0.6 is 0 Å². The lowest BCUT2D eigenvalue weighted by Crippen LogP contribution is -2.42. The van der Waals surface area contributed by atoms with E-state index < -0.39 is 23.8 Å². The van der Waals surface area contributed by atoms with Crippen molar-refractivity contribution in [1.29, 1.82) is 0 Å². The van der Waals surface area contributed by atoms with Crippen LogP contribution in [0.1, 0.15) is 23.0 Å².